The summed E-state index contributed by atoms with van der Waals surface area (Å²) in [7, 11) is 3.37. The summed E-state index contributed by atoms with van der Waals surface area (Å²) in [6.07, 6.45) is 18.5. The van der Waals surface area contributed by atoms with E-state index in [2.05, 4.69) is 33.9 Å². The van der Waals surface area contributed by atoms with E-state index in [1.165, 1.54) is 74.4 Å². The fraction of sp³-hybridized carbons (Fsp3) is 0.712. The van der Waals surface area contributed by atoms with E-state index in [-0.39, 0.29) is 307 Å². The fourth-order valence-corrected chi connectivity index (χ4v) is 22.1. The number of aromatic carboxylic acids is 2. The molecule has 0 saturated carbocycles. The minimum atomic E-state index is -2.08. The molecule has 44 heteroatoms. The molecular weight excluding hydrogens is 2040 g/mol. The van der Waals surface area contributed by atoms with E-state index < -0.39 is 84.6 Å². The molecule has 2 rings (SSSR count). The van der Waals surface area contributed by atoms with Gasteiger partial charge in [0.25, 0.3) is 0 Å². The van der Waals surface area contributed by atoms with Gasteiger partial charge in [-0.25, -0.2) is 9.59 Å². The van der Waals surface area contributed by atoms with Crippen LogP contribution in [0, 0.1) is 41.4 Å². The van der Waals surface area contributed by atoms with Crippen LogP contribution in [0.15, 0.2) is 48.5 Å². The number of carbonyl (C=O) groups is 18. The summed E-state index contributed by atoms with van der Waals surface area (Å²) in [6, 6.07) is 12.6. The zero-order valence-corrected chi connectivity index (χ0v) is 91.9. The number of rotatable bonds is 104. The predicted molar refractivity (Wildman–Crippen MR) is 571 cm³/mol. The molecule has 1 unspecified atom stereocenters. The van der Waals surface area contributed by atoms with Crippen LogP contribution in [0.5, 0.6) is 11.5 Å². The van der Waals surface area contributed by atoms with Gasteiger partial charge in [-0.1, -0.05) is 154 Å². The molecule has 0 aliphatic carbocycles. The van der Waals surface area contributed by atoms with E-state index in [1.54, 1.807) is 45.0 Å². The Morgan fingerprint density at radius 1 is 0.318 bits per heavy atom. The van der Waals surface area contributed by atoms with Crippen LogP contribution in [0.25, 0.3) is 0 Å². The summed E-state index contributed by atoms with van der Waals surface area (Å²) in [5.74, 6) is -10.6. The van der Waals surface area contributed by atoms with E-state index in [0.717, 1.165) is 89.9 Å². The fourth-order valence-electron chi connectivity index (χ4n) is 14.6. The molecule has 0 aromatic heterocycles. The van der Waals surface area contributed by atoms with Crippen molar-refractivity contribution in [2.24, 2.45) is 46.9 Å². The Morgan fingerprint density at radius 3 is 1.02 bits per heavy atom. The molecule has 4 amide bonds. The lowest BCUT2D eigenvalue weighted by atomic mass is 9.92. The molecular formula is C104H164N5O33PS5. The van der Waals surface area contributed by atoms with Crippen molar-refractivity contribution in [3.63, 3.8) is 0 Å². The monoisotopic (exact) mass is 2200 g/mol. The van der Waals surface area contributed by atoms with Gasteiger partial charge in [0, 0.05) is 158 Å². The van der Waals surface area contributed by atoms with Crippen LogP contribution in [-0.2, 0) is 115 Å². The second-order valence-electron chi connectivity index (χ2n) is 36.6. The number of aliphatic carboxylic acids is 3. The Bertz CT molecular complexity index is 4180. The van der Waals surface area contributed by atoms with Gasteiger partial charge in [-0.2, -0.15) is 0 Å². The average molecular weight is 2200 g/mol. The highest BCUT2D eigenvalue weighted by Gasteiger charge is 2.36. The van der Waals surface area contributed by atoms with Crippen LogP contribution < -0.4 is 36.2 Å². The molecule has 9 atom stereocenters. The molecule has 0 aliphatic rings. The van der Waals surface area contributed by atoms with Gasteiger partial charge < -0.3 is 99.7 Å². The third-order valence-electron chi connectivity index (χ3n) is 23.7. The van der Waals surface area contributed by atoms with Crippen molar-refractivity contribution in [3.8, 4) is 11.5 Å². The van der Waals surface area contributed by atoms with Gasteiger partial charge in [0.05, 0.1) is 114 Å². The number of carboxylic acids is 5. The lowest BCUT2D eigenvalue weighted by Crippen LogP contribution is -2.31. The molecule has 0 saturated heterocycles. The number of nitrogens with two attached hydrogens (primary N) is 1. The molecule has 11 N–H and O–H groups in total. The lowest BCUT2D eigenvalue weighted by Gasteiger charge is -2.25. The number of ether oxygens (including phenoxy) is 10. The van der Waals surface area contributed by atoms with Gasteiger partial charge >= 0.3 is 29.8 Å². The number of benzene rings is 2. The number of hydrogen-bond acceptors (Lipinski definition) is 33. The Hall–Kier alpha value is -7.88. The molecule has 148 heavy (non-hydrogen) atoms. The average Bonchev–Trinajstić information content (AvgIpc) is 0.845. The van der Waals surface area contributed by atoms with Crippen LogP contribution in [0.3, 0.4) is 0 Å². The molecule has 0 radical (unpaired) electrons. The number of amides is 4. The number of carbonyl (C=O) groups excluding carboxylic acids is 13. The molecule has 0 fully saturated rings. The predicted octanol–water partition coefficient (Wildman–Crippen LogP) is 14.3. The van der Waals surface area contributed by atoms with E-state index in [9.17, 15) is 102 Å². The third-order valence-corrected chi connectivity index (χ3v) is 31.7. The SMILES string of the molecule is CC(=O)[C@H](CCCCNC(=O)COCCOCCCC(=O)COCCOCCNC(=O)CC[C@H](CC(=O)CCCCCCCCCCOc1ccc(C(=O)O)cc1)C(=O)O)P(N)C(=O)[C@H](CSSC[C@H](C)C(=O)C[C@@H](CCCCNC(=O)COCCOCCCC(=O)COCCOCCNC(=O)CC[C@H](CC(=O)CCCCCCCCCCOc1ccc(C(=O)O)cc1)C(=O)O)C(=O)O)CC(=O)[C@@H](C)CSSC[C@H](C)C(=O)S. The van der Waals surface area contributed by atoms with E-state index in [0.29, 0.717) is 100 Å². The topological polar surface area (TPSA) is 575 Å². The first-order valence-electron chi connectivity index (χ1n) is 51.8. The molecule has 0 aliphatic heterocycles. The first-order chi connectivity index (χ1) is 71.1. The Labute approximate surface area is 894 Å². The van der Waals surface area contributed by atoms with E-state index in [1.807, 2.05) is 0 Å². The molecule has 38 nitrogen and oxygen atoms in total. The normalized spacial score (nSPS) is 13.1. The summed E-state index contributed by atoms with van der Waals surface area (Å²) in [4.78, 5) is 224. The Morgan fingerprint density at radius 2 is 0.642 bits per heavy atom. The highest BCUT2D eigenvalue weighted by molar-refractivity contribution is 8.77. The van der Waals surface area contributed by atoms with Gasteiger partial charge in [0.2, 0.25) is 23.6 Å². The number of Topliss-reactive ketones (excluding diaryl/α,β-unsaturated/α-hetero) is 7. The van der Waals surface area contributed by atoms with Gasteiger partial charge in [-0.3, -0.25) is 76.7 Å². The van der Waals surface area contributed by atoms with Crippen LogP contribution >= 0.6 is 63.9 Å². The number of carboxylic acid groups (broad SMARTS) is 5. The van der Waals surface area contributed by atoms with Crippen molar-refractivity contribution in [3.05, 3.63) is 59.7 Å². The van der Waals surface area contributed by atoms with Crippen molar-refractivity contribution in [2.75, 3.05) is 168 Å². The van der Waals surface area contributed by atoms with Crippen molar-refractivity contribution >= 4 is 168 Å². The Kier molecular flexibility index (Phi) is 81.5. The van der Waals surface area contributed by atoms with Crippen molar-refractivity contribution in [2.45, 2.75) is 265 Å². The molecule has 0 heterocycles. The van der Waals surface area contributed by atoms with Crippen molar-refractivity contribution < 1.29 is 159 Å². The first-order valence-corrected chi connectivity index (χ1v) is 58.7. The maximum Gasteiger partial charge on any atom is 0.335 e. The maximum absolute atomic E-state index is 14.4. The largest absolute Gasteiger partial charge is 0.494 e. The summed E-state index contributed by atoms with van der Waals surface area (Å²) < 4.78 is 55.0. The molecule has 838 valence electrons. The second-order valence-corrected chi connectivity index (χ2v) is 44.0. The summed E-state index contributed by atoms with van der Waals surface area (Å²) in [5, 5.41) is 58.1. The number of unbranched alkanes of at least 4 members (excludes halogenated alkanes) is 16. The van der Waals surface area contributed by atoms with Gasteiger partial charge in [0.1, 0.15) is 66.8 Å². The molecule has 2 aromatic carbocycles. The highest BCUT2D eigenvalue weighted by Crippen LogP contribution is 2.43. The maximum atomic E-state index is 14.4. The minimum absolute atomic E-state index is 0.0282. The van der Waals surface area contributed by atoms with Crippen LogP contribution in [0.4, 0.5) is 0 Å². The second kappa shape index (κ2) is 88.6. The molecule has 0 bridgehead atoms. The molecule has 2 aromatic rings. The smallest absolute Gasteiger partial charge is 0.335 e. The number of hydrogen-bond donors (Lipinski definition) is 11. The summed E-state index contributed by atoms with van der Waals surface area (Å²) in [5.41, 5.74) is 5.89. The zero-order valence-electron chi connectivity index (χ0n) is 86.9. The standard InChI is InChI=1S/C104H164N5O33PS5/c1-75(91(115)65-81(100(125)126)27-19-21-45-106-96(119)69-139-61-55-133-49-25-30-87(113)67-137-59-57-135-53-47-108-94(117)43-37-82(101(127)128)63-85(111)28-17-13-9-5-7-11-15-23-51-141-89-39-33-79(34-40-89)98(121)122)72-146-148-74-84(66-92(116)76(2)71-145-147-73-77(3)104(132)144)103(131)143(105)93(78(4)110)32-20-22-46-107-97(120)70-140-62-56-134-50-26-31-88(114)68-138-60-58-136-54-48-109-95(118)44-38-83(102(129)130)64-86(112)29-18-14-10-6-8-12-16-24-52-142-90-41-35-80(36-42-90)99(123)124/h33-36,39-42,75-77,81-84,93H,5-32,37-38,43-74,105H2,1-4H3,(H,106,119)(H,107,120)(H,108,117)(H,109,118)(H,121,122)(H,123,124)(H,125,126)(H,127,128)(H,129,130)(H,132,144)/t75-,76-,77-,81+,82+,83+,84-,93-,143?/m0/s1. The Balaban J connectivity index is 1.56. The van der Waals surface area contributed by atoms with Gasteiger partial charge in [0.15, 0.2) is 22.2 Å². The number of ketones is 7. The van der Waals surface area contributed by atoms with Gasteiger partial charge in [-0.05, 0) is 133 Å². The quantitative estimate of drug-likeness (QED) is 0.0127. The van der Waals surface area contributed by atoms with Crippen molar-refractivity contribution in [1.82, 2.24) is 21.3 Å². The first kappa shape index (κ1) is 136. The van der Waals surface area contributed by atoms with Gasteiger partial charge in [-0.15, -0.1) is 12.6 Å². The van der Waals surface area contributed by atoms with E-state index in [4.69, 9.17) is 63.1 Å². The van der Waals surface area contributed by atoms with Crippen LogP contribution in [0.1, 0.15) is 280 Å². The summed E-state index contributed by atoms with van der Waals surface area (Å²) in [6.45, 7) is 9.85. The summed E-state index contributed by atoms with van der Waals surface area (Å²) >= 11 is 3.90. The highest BCUT2D eigenvalue weighted by atomic mass is 33.1. The van der Waals surface area contributed by atoms with Crippen LogP contribution in [-0.4, -0.2) is 304 Å². The molecule has 0 spiro atoms. The van der Waals surface area contributed by atoms with Crippen LogP contribution in [0.2, 0.25) is 0 Å². The third kappa shape index (κ3) is 73.4. The van der Waals surface area contributed by atoms with E-state index >= 15 is 0 Å². The number of thiol groups is 1. The number of nitrogens with one attached hydrogen (secondary N) is 4. The lowest BCUT2D eigenvalue weighted by molar-refractivity contribution is -0.144. The zero-order chi connectivity index (χ0) is 109. The van der Waals surface area contributed by atoms with Crippen molar-refractivity contribution in [1.29, 1.82) is 0 Å². The minimum Gasteiger partial charge on any atom is -0.494 e.